The van der Waals surface area contributed by atoms with E-state index in [1.165, 1.54) is 6.33 Å². The lowest BCUT2D eigenvalue weighted by molar-refractivity contribution is 0.554. The van der Waals surface area contributed by atoms with Crippen LogP contribution >= 0.6 is 0 Å². The summed E-state index contributed by atoms with van der Waals surface area (Å²) < 4.78 is 1.72. The largest absolute Gasteiger partial charge is 0.322 e. The molecule has 0 amide bonds. The van der Waals surface area contributed by atoms with E-state index in [9.17, 15) is 0 Å². The number of nitrogens with two attached hydrogens (primary N) is 1. The van der Waals surface area contributed by atoms with Crippen molar-refractivity contribution in [1.82, 2.24) is 14.8 Å². The van der Waals surface area contributed by atoms with E-state index in [2.05, 4.69) is 10.1 Å². The zero-order valence-corrected chi connectivity index (χ0v) is 8.88. The van der Waals surface area contributed by atoms with Gasteiger partial charge in [-0.3, -0.25) is 0 Å². The van der Waals surface area contributed by atoms with Gasteiger partial charge in [0.1, 0.15) is 12.7 Å². The summed E-state index contributed by atoms with van der Waals surface area (Å²) in [6.07, 6.45) is 3.18. The summed E-state index contributed by atoms with van der Waals surface area (Å²) in [4.78, 5) is 3.90. The molecule has 2 N–H and O–H groups in total. The molecular formula is C11H14N4. The molecule has 4 heteroatoms. The molecular weight excluding hydrogens is 188 g/mol. The van der Waals surface area contributed by atoms with Crippen molar-refractivity contribution in [1.29, 1.82) is 0 Å². The van der Waals surface area contributed by atoms with Gasteiger partial charge < -0.3 is 5.73 Å². The van der Waals surface area contributed by atoms with E-state index < -0.39 is 0 Å². The van der Waals surface area contributed by atoms with E-state index in [0.717, 1.165) is 11.3 Å². The molecule has 0 radical (unpaired) electrons. The Morgan fingerprint density at radius 2 is 1.87 bits per heavy atom. The van der Waals surface area contributed by atoms with Crippen molar-refractivity contribution in [3.05, 3.63) is 42.5 Å². The molecule has 4 nitrogen and oxygen atoms in total. The van der Waals surface area contributed by atoms with Gasteiger partial charge in [0.05, 0.1) is 5.69 Å². The first-order valence-corrected chi connectivity index (χ1v) is 4.82. The van der Waals surface area contributed by atoms with Crippen LogP contribution in [-0.4, -0.2) is 14.8 Å². The molecule has 0 aliphatic rings. The molecule has 0 unspecified atom stereocenters. The first-order valence-electron chi connectivity index (χ1n) is 4.82. The van der Waals surface area contributed by atoms with Crippen LogP contribution in [-0.2, 0) is 5.54 Å². The highest BCUT2D eigenvalue weighted by Crippen LogP contribution is 2.18. The van der Waals surface area contributed by atoms with Gasteiger partial charge in [-0.05, 0) is 31.5 Å². The molecule has 0 atom stereocenters. The number of benzene rings is 1. The van der Waals surface area contributed by atoms with E-state index in [0.29, 0.717) is 0 Å². The summed E-state index contributed by atoms with van der Waals surface area (Å²) in [5, 5.41) is 4.05. The molecule has 1 aromatic heterocycles. The first-order chi connectivity index (χ1) is 7.07. The molecule has 0 aliphatic carbocycles. The fourth-order valence-electron chi connectivity index (χ4n) is 1.39. The van der Waals surface area contributed by atoms with Crippen LogP contribution in [0.5, 0.6) is 0 Å². The highest BCUT2D eigenvalue weighted by atomic mass is 15.3. The van der Waals surface area contributed by atoms with Gasteiger partial charge in [-0.25, -0.2) is 9.67 Å². The van der Waals surface area contributed by atoms with E-state index in [4.69, 9.17) is 5.73 Å². The number of aromatic nitrogens is 3. The molecule has 78 valence electrons. The third-order valence-electron chi connectivity index (χ3n) is 2.29. The highest BCUT2D eigenvalue weighted by molar-refractivity contribution is 5.35. The predicted molar refractivity (Wildman–Crippen MR) is 58.6 cm³/mol. The smallest absolute Gasteiger partial charge is 0.138 e. The molecule has 2 rings (SSSR count). The SMILES string of the molecule is CC(C)(N)c1ccc(-n2cncn2)cc1. The van der Waals surface area contributed by atoms with Crippen LogP contribution in [0.25, 0.3) is 5.69 Å². The molecule has 0 fully saturated rings. The van der Waals surface area contributed by atoms with Crippen molar-refractivity contribution in [2.75, 3.05) is 0 Å². The second-order valence-corrected chi connectivity index (χ2v) is 4.11. The van der Waals surface area contributed by atoms with E-state index >= 15 is 0 Å². The van der Waals surface area contributed by atoms with Gasteiger partial charge in [0.15, 0.2) is 0 Å². The number of hydrogen-bond donors (Lipinski definition) is 1. The Kier molecular flexibility index (Phi) is 2.28. The zero-order valence-electron chi connectivity index (χ0n) is 8.88. The van der Waals surface area contributed by atoms with E-state index in [1.807, 2.05) is 38.1 Å². The van der Waals surface area contributed by atoms with Crippen LogP contribution in [0.1, 0.15) is 19.4 Å². The molecule has 0 bridgehead atoms. The highest BCUT2D eigenvalue weighted by Gasteiger charge is 2.13. The summed E-state index contributed by atoms with van der Waals surface area (Å²) in [6, 6.07) is 7.99. The second kappa shape index (κ2) is 3.47. The Morgan fingerprint density at radius 1 is 1.20 bits per heavy atom. The van der Waals surface area contributed by atoms with Gasteiger partial charge in [0.25, 0.3) is 0 Å². The topological polar surface area (TPSA) is 56.7 Å². The van der Waals surface area contributed by atoms with Crippen molar-refractivity contribution in [3.8, 4) is 5.69 Å². The van der Waals surface area contributed by atoms with Crippen molar-refractivity contribution >= 4 is 0 Å². The summed E-state index contributed by atoms with van der Waals surface area (Å²) >= 11 is 0. The molecule has 0 saturated carbocycles. The van der Waals surface area contributed by atoms with Crippen LogP contribution in [0.15, 0.2) is 36.9 Å². The molecule has 1 aromatic carbocycles. The lowest BCUT2D eigenvalue weighted by Gasteiger charge is -2.19. The van der Waals surface area contributed by atoms with Crippen molar-refractivity contribution in [2.45, 2.75) is 19.4 Å². The summed E-state index contributed by atoms with van der Waals surface area (Å²) in [6.45, 7) is 3.97. The van der Waals surface area contributed by atoms with Crippen molar-refractivity contribution in [2.24, 2.45) is 5.73 Å². The molecule has 15 heavy (non-hydrogen) atoms. The Balaban J connectivity index is 2.33. The van der Waals surface area contributed by atoms with Crippen molar-refractivity contribution < 1.29 is 0 Å². The number of rotatable bonds is 2. The molecule has 1 heterocycles. The van der Waals surface area contributed by atoms with Crippen LogP contribution in [0.2, 0.25) is 0 Å². The van der Waals surface area contributed by atoms with Gasteiger partial charge in [0.2, 0.25) is 0 Å². The second-order valence-electron chi connectivity index (χ2n) is 4.11. The van der Waals surface area contributed by atoms with Gasteiger partial charge in [0, 0.05) is 5.54 Å². The minimum atomic E-state index is -0.305. The fourth-order valence-corrected chi connectivity index (χ4v) is 1.39. The lowest BCUT2D eigenvalue weighted by Crippen LogP contribution is -2.28. The Bertz CT molecular complexity index is 423. The Morgan fingerprint density at radius 3 is 2.33 bits per heavy atom. The van der Waals surface area contributed by atoms with E-state index in [-0.39, 0.29) is 5.54 Å². The van der Waals surface area contributed by atoms with Crippen molar-refractivity contribution in [3.63, 3.8) is 0 Å². The Hall–Kier alpha value is -1.68. The van der Waals surface area contributed by atoms with Crippen LogP contribution in [0.3, 0.4) is 0 Å². The normalized spacial score (nSPS) is 11.7. The van der Waals surface area contributed by atoms with Crippen LogP contribution < -0.4 is 5.73 Å². The van der Waals surface area contributed by atoms with Gasteiger partial charge in [-0.2, -0.15) is 5.10 Å². The van der Waals surface area contributed by atoms with Crippen LogP contribution in [0.4, 0.5) is 0 Å². The molecule has 2 aromatic rings. The Labute approximate surface area is 88.8 Å². The number of hydrogen-bond acceptors (Lipinski definition) is 3. The monoisotopic (exact) mass is 202 g/mol. The molecule has 0 spiro atoms. The van der Waals surface area contributed by atoms with Gasteiger partial charge in [-0.15, -0.1) is 0 Å². The van der Waals surface area contributed by atoms with E-state index in [1.54, 1.807) is 11.0 Å². The maximum Gasteiger partial charge on any atom is 0.138 e. The van der Waals surface area contributed by atoms with Gasteiger partial charge >= 0.3 is 0 Å². The lowest BCUT2D eigenvalue weighted by atomic mass is 9.96. The zero-order chi connectivity index (χ0) is 10.9. The summed E-state index contributed by atoms with van der Waals surface area (Å²) in [7, 11) is 0. The summed E-state index contributed by atoms with van der Waals surface area (Å²) in [5.74, 6) is 0. The maximum atomic E-state index is 5.99. The summed E-state index contributed by atoms with van der Waals surface area (Å²) in [5.41, 5.74) is 7.78. The average molecular weight is 202 g/mol. The third kappa shape index (κ3) is 2.05. The predicted octanol–water partition coefficient (Wildman–Crippen LogP) is 1.46. The maximum absolute atomic E-state index is 5.99. The van der Waals surface area contributed by atoms with Crippen LogP contribution in [0, 0.1) is 0 Å². The van der Waals surface area contributed by atoms with Gasteiger partial charge in [-0.1, -0.05) is 12.1 Å². The standard InChI is InChI=1S/C11H14N4/c1-11(2,12)9-3-5-10(6-4-9)15-8-13-7-14-15/h3-8H,12H2,1-2H3. The average Bonchev–Trinajstić information content (AvgIpc) is 2.69. The minimum absolute atomic E-state index is 0.305. The minimum Gasteiger partial charge on any atom is -0.322 e. The fraction of sp³-hybridized carbons (Fsp3) is 0.273. The molecule has 0 aliphatic heterocycles. The number of nitrogens with zero attached hydrogens (tertiary/aromatic N) is 3. The third-order valence-corrected chi connectivity index (χ3v) is 2.29. The molecule has 0 saturated heterocycles. The first kappa shape index (κ1) is 9.86. The quantitative estimate of drug-likeness (QED) is 0.802.